The first kappa shape index (κ1) is 13.1. The average Bonchev–Trinajstić information content (AvgIpc) is 2.28. The lowest BCUT2D eigenvalue weighted by molar-refractivity contribution is -0.151. The monoisotopic (exact) mass is 242 g/mol. The van der Waals surface area contributed by atoms with E-state index in [2.05, 4.69) is 0 Å². The number of carbonyl (C=O) groups is 2. The van der Waals surface area contributed by atoms with Gasteiger partial charge in [0.25, 0.3) is 0 Å². The molecule has 1 aliphatic carbocycles. The Labute approximate surface area is 98.1 Å². The molecule has 0 spiro atoms. The normalized spacial score (nSPS) is 24.1. The van der Waals surface area contributed by atoms with Crippen molar-refractivity contribution in [2.75, 3.05) is 14.2 Å². The molecule has 0 saturated carbocycles. The third-order valence-electron chi connectivity index (χ3n) is 2.79. The first-order valence-electron chi connectivity index (χ1n) is 4.86. The van der Waals surface area contributed by atoms with Gasteiger partial charge in [-0.3, -0.25) is 9.59 Å². The van der Waals surface area contributed by atoms with Crippen LogP contribution in [0.4, 0.5) is 0 Å². The molecule has 0 aromatic rings. The molecule has 0 aliphatic heterocycles. The van der Waals surface area contributed by atoms with Gasteiger partial charge in [-0.25, -0.2) is 0 Å². The Bertz CT molecular complexity index is 404. The van der Waals surface area contributed by atoms with E-state index in [1.54, 1.807) is 0 Å². The second kappa shape index (κ2) is 4.48. The number of carboxylic acid groups (broad SMARTS) is 1. The Balaban J connectivity index is 3.37. The van der Waals surface area contributed by atoms with E-state index in [1.807, 2.05) is 0 Å². The number of carbonyl (C=O) groups excluding carboxylic acids is 1. The minimum atomic E-state index is -1.75. The highest BCUT2D eigenvalue weighted by Crippen LogP contribution is 2.38. The standard InChI is InChI=1S/C11H14O6/c1-6(12)11(10(14)15)4-7(16-2)9(13)8(5-11)17-3/h4,13H,5H2,1-3H3,(H,14,15). The molecule has 0 fully saturated rings. The van der Waals surface area contributed by atoms with Gasteiger partial charge in [0, 0.05) is 6.42 Å². The van der Waals surface area contributed by atoms with Crippen molar-refractivity contribution in [2.45, 2.75) is 13.3 Å². The number of hydrogen-bond acceptors (Lipinski definition) is 5. The smallest absolute Gasteiger partial charge is 0.321 e. The van der Waals surface area contributed by atoms with Crippen LogP contribution in [-0.2, 0) is 19.1 Å². The molecule has 0 radical (unpaired) electrons. The van der Waals surface area contributed by atoms with E-state index in [0.717, 1.165) is 6.08 Å². The molecule has 17 heavy (non-hydrogen) atoms. The van der Waals surface area contributed by atoms with E-state index in [4.69, 9.17) is 9.47 Å². The van der Waals surface area contributed by atoms with Crippen LogP contribution in [0, 0.1) is 5.41 Å². The SMILES string of the molecule is COC1=CC(C(C)=O)(C(=O)O)CC(OC)=C1O. The van der Waals surface area contributed by atoms with Crippen molar-refractivity contribution in [1.82, 2.24) is 0 Å². The summed E-state index contributed by atoms with van der Waals surface area (Å²) in [7, 11) is 2.56. The first-order valence-corrected chi connectivity index (χ1v) is 4.86. The molecule has 1 unspecified atom stereocenters. The number of ether oxygens (including phenoxy) is 2. The summed E-state index contributed by atoms with van der Waals surface area (Å²) in [5, 5.41) is 18.9. The predicted octanol–water partition coefficient (Wildman–Crippen LogP) is 0.996. The number of ketones is 1. The average molecular weight is 242 g/mol. The summed E-state index contributed by atoms with van der Waals surface area (Å²) >= 11 is 0. The summed E-state index contributed by atoms with van der Waals surface area (Å²) in [6.45, 7) is 1.17. The third-order valence-corrected chi connectivity index (χ3v) is 2.79. The number of carboxylic acids is 1. The van der Waals surface area contributed by atoms with Crippen LogP contribution >= 0.6 is 0 Å². The van der Waals surface area contributed by atoms with Crippen LogP contribution in [0.25, 0.3) is 0 Å². The number of aliphatic hydroxyl groups is 1. The summed E-state index contributed by atoms with van der Waals surface area (Å²) in [5.74, 6) is -2.20. The maximum absolute atomic E-state index is 11.6. The van der Waals surface area contributed by atoms with Gasteiger partial charge in [-0.05, 0) is 13.0 Å². The maximum Gasteiger partial charge on any atom is 0.321 e. The van der Waals surface area contributed by atoms with Gasteiger partial charge in [-0.15, -0.1) is 0 Å². The fourth-order valence-electron chi connectivity index (χ4n) is 1.66. The quantitative estimate of drug-likeness (QED) is 0.714. The predicted molar refractivity (Wildman–Crippen MR) is 57.1 cm³/mol. The molecule has 94 valence electrons. The van der Waals surface area contributed by atoms with E-state index >= 15 is 0 Å². The second-order valence-electron chi connectivity index (χ2n) is 3.70. The first-order chi connectivity index (χ1) is 7.89. The summed E-state index contributed by atoms with van der Waals surface area (Å²) in [6.07, 6.45) is 0.877. The lowest BCUT2D eigenvalue weighted by Crippen LogP contribution is -2.39. The van der Waals surface area contributed by atoms with E-state index in [0.29, 0.717) is 0 Å². The van der Waals surface area contributed by atoms with E-state index in [1.165, 1.54) is 21.1 Å². The molecule has 6 nitrogen and oxygen atoms in total. The highest BCUT2D eigenvalue weighted by molar-refractivity contribution is 6.04. The van der Waals surface area contributed by atoms with Crippen LogP contribution in [-0.4, -0.2) is 36.2 Å². The number of methoxy groups -OCH3 is 2. The number of aliphatic hydroxyl groups excluding tert-OH is 1. The highest BCUT2D eigenvalue weighted by Gasteiger charge is 2.47. The van der Waals surface area contributed by atoms with Gasteiger partial charge in [-0.2, -0.15) is 0 Å². The van der Waals surface area contributed by atoms with Crippen molar-refractivity contribution in [3.05, 3.63) is 23.4 Å². The number of rotatable bonds is 4. The van der Waals surface area contributed by atoms with Gasteiger partial charge >= 0.3 is 5.97 Å². The fraction of sp³-hybridized carbons (Fsp3) is 0.455. The minimum Gasteiger partial charge on any atom is -0.502 e. The van der Waals surface area contributed by atoms with Gasteiger partial charge in [0.2, 0.25) is 0 Å². The van der Waals surface area contributed by atoms with Crippen LogP contribution in [0.2, 0.25) is 0 Å². The summed E-state index contributed by atoms with van der Waals surface area (Å²) in [6, 6.07) is 0. The molecule has 6 heteroatoms. The van der Waals surface area contributed by atoms with Crippen molar-refractivity contribution >= 4 is 11.8 Å². The fourth-order valence-corrected chi connectivity index (χ4v) is 1.66. The van der Waals surface area contributed by atoms with E-state index in [9.17, 15) is 19.8 Å². The molecular weight excluding hydrogens is 228 g/mol. The Morgan fingerprint density at radius 1 is 1.35 bits per heavy atom. The van der Waals surface area contributed by atoms with Gasteiger partial charge < -0.3 is 19.7 Å². The zero-order valence-electron chi connectivity index (χ0n) is 9.81. The topological polar surface area (TPSA) is 93.1 Å². The third kappa shape index (κ3) is 1.98. The number of allylic oxidation sites excluding steroid dienone is 1. The molecule has 0 aromatic heterocycles. The Morgan fingerprint density at radius 2 is 1.94 bits per heavy atom. The molecular formula is C11H14O6. The molecule has 0 heterocycles. The maximum atomic E-state index is 11.6. The molecule has 1 atom stereocenters. The van der Waals surface area contributed by atoms with E-state index < -0.39 is 17.2 Å². The summed E-state index contributed by atoms with van der Waals surface area (Å²) in [5.41, 5.74) is -1.75. The van der Waals surface area contributed by atoms with Gasteiger partial charge in [0.15, 0.2) is 22.7 Å². The van der Waals surface area contributed by atoms with Crippen LogP contribution < -0.4 is 0 Å². The Morgan fingerprint density at radius 3 is 2.29 bits per heavy atom. The van der Waals surface area contributed by atoms with Crippen molar-refractivity contribution in [2.24, 2.45) is 5.41 Å². The van der Waals surface area contributed by atoms with E-state index in [-0.39, 0.29) is 23.7 Å². The zero-order valence-corrected chi connectivity index (χ0v) is 9.81. The van der Waals surface area contributed by atoms with Gasteiger partial charge in [0.1, 0.15) is 5.76 Å². The number of hydrogen-bond donors (Lipinski definition) is 2. The molecule has 1 rings (SSSR count). The van der Waals surface area contributed by atoms with Crippen LogP contribution in [0.1, 0.15) is 13.3 Å². The second-order valence-corrected chi connectivity index (χ2v) is 3.70. The van der Waals surface area contributed by atoms with Crippen molar-refractivity contribution in [3.8, 4) is 0 Å². The van der Waals surface area contributed by atoms with Crippen LogP contribution in [0.5, 0.6) is 0 Å². The van der Waals surface area contributed by atoms with Crippen LogP contribution in [0.3, 0.4) is 0 Å². The lowest BCUT2D eigenvalue weighted by Gasteiger charge is -2.28. The largest absolute Gasteiger partial charge is 0.502 e. The molecule has 0 amide bonds. The minimum absolute atomic E-state index is 0.0157. The Kier molecular flexibility index (Phi) is 3.45. The van der Waals surface area contributed by atoms with Crippen molar-refractivity contribution < 1.29 is 29.3 Å². The Hall–Kier alpha value is -1.98. The van der Waals surface area contributed by atoms with Crippen molar-refractivity contribution in [1.29, 1.82) is 0 Å². The number of aliphatic carboxylic acids is 1. The van der Waals surface area contributed by atoms with Gasteiger partial charge in [0.05, 0.1) is 14.2 Å². The van der Waals surface area contributed by atoms with Crippen LogP contribution in [0.15, 0.2) is 23.4 Å². The zero-order chi connectivity index (χ0) is 13.2. The molecule has 0 bridgehead atoms. The van der Waals surface area contributed by atoms with Crippen molar-refractivity contribution in [3.63, 3.8) is 0 Å². The van der Waals surface area contributed by atoms with Gasteiger partial charge in [-0.1, -0.05) is 0 Å². The molecule has 1 aliphatic rings. The summed E-state index contributed by atoms with van der Waals surface area (Å²) < 4.78 is 9.73. The molecule has 2 N–H and O–H groups in total. The lowest BCUT2D eigenvalue weighted by atomic mass is 9.76. The summed E-state index contributed by atoms with van der Waals surface area (Å²) in [4.78, 5) is 22.8. The highest BCUT2D eigenvalue weighted by atomic mass is 16.5. The molecule has 0 saturated heterocycles. The molecule has 0 aromatic carbocycles. The number of Topliss-reactive ketones (excluding diaryl/α,β-unsaturated/α-hetero) is 1.